The van der Waals surface area contributed by atoms with Crippen molar-refractivity contribution in [2.75, 3.05) is 11.1 Å². The van der Waals surface area contributed by atoms with E-state index in [1.165, 1.54) is 0 Å². The Balaban J connectivity index is 1.80. The van der Waals surface area contributed by atoms with Gasteiger partial charge >= 0.3 is 0 Å². The summed E-state index contributed by atoms with van der Waals surface area (Å²) in [7, 11) is 0. The quantitative estimate of drug-likeness (QED) is 0.894. The Bertz CT molecular complexity index is 625. The van der Waals surface area contributed by atoms with Crippen LogP contribution in [0.3, 0.4) is 0 Å². The molecule has 0 spiro atoms. The highest BCUT2D eigenvalue weighted by Gasteiger charge is 2.52. The first-order valence-corrected chi connectivity index (χ1v) is 8.37. The van der Waals surface area contributed by atoms with E-state index >= 15 is 0 Å². The summed E-state index contributed by atoms with van der Waals surface area (Å²) in [6.07, 6.45) is 1.30. The van der Waals surface area contributed by atoms with Crippen molar-refractivity contribution in [3.8, 4) is 0 Å². The van der Waals surface area contributed by atoms with E-state index in [0.717, 1.165) is 6.42 Å². The number of benzene rings is 1. The van der Waals surface area contributed by atoms with E-state index in [2.05, 4.69) is 5.32 Å². The van der Waals surface area contributed by atoms with Gasteiger partial charge in [-0.2, -0.15) is 0 Å². The van der Waals surface area contributed by atoms with Crippen molar-refractivity contribution in [3.63, 3.8) is 0 Å². The number of nitrogens with zero attached hydrogens (tertiary/aromatic N) is 1. The minimum Gasteiger partial charge on any atom is -0.323 e. The Morgan fingerprint density at radius 1 is 1.48 bits per heavy atom. The lowest BCUT2D eigenvalue weighted by Crippen LogP contribution is -2.48. The molecule has 2 saturated heterocycles. The van der Waals surface area contributed by atoms with Gasteiger partial charge in [0.25, 0.3) is 0 Å². The molecule has 3 rings (SSSR count). The van der Waals surface area contributed by atoms with Gasteiger partial charge in [0.05, 0.1) is 20.6 Å². The zero-order valence-electron chi connectivity index (χ0n) is 11.4. The molecule has 4 nitrogen and oxygen atoms in total. The molecule has 2 fully saturated rings. The van der Waals surface area contributed by atoms with Crippen molar-refractivity contribution in [2.45, 2.75) is 30.7 Å². The molecule has 2 heterocycles. The molecule has 2 unspecified atom stereocenters. The van der Waals surface area contributed by atoms with Gasteiger partial charge in [0.15, 0.2) is 0 Å². The predicted molar refractivity (Wildman–Crippen MR) is 85.8 cm³/mol. The maximum Gasteiger partial charge on any atom is 0.248 e. The van der Waals surface area contributed by atoms with Crippen molar-refractivity contribution in [1.29, 1.82) is 0 Å². The van der Waals surface area contributed by atoms with Gasteiger partial charge in [0.2, 0.25) is 11.8 Å². The molecule has 112 valence electrons. The van der Waals surface area contributed by atoms with Gasteiger partial charge in [-0.05, 0) is 25.5 Å². The van der Waals surface area contributed by atoms with E-state index in [1.54, 1.807) is 34.9 Å². The van der Waals surface area contributed by atoms with Crippen LogP contribution < -0.4 is 5.32 Å². The fraction of sp³-hybridized carbons (Fsp3) is 0.429. The zero-order valence-corrected chi connectivity index (χ0v) is 13.7. The van der Waals surface area contributed by atoms with Gasteiger partial charge in [-0.3, -0.25) is 9.59 Å². The molecule has 0 bridgehead atoms. The highest BCUT2D eigenvalue weighted by Crippen LogP contribution is 2.47. The Morgan fingerprint density at radius 2 is 2.24 bits per heavy atom. The van der Waals surface area contributed by atoms with E-state index in [-0.39, 0.29) is 16.7 Å². The summed E-state index contributed by atoms with van der Waals surface area (Å²) in [5.74, 6) is 0.428. The van der Waals surface area contributed by atoms with E-state index in [0.29, 0.717) is 27.9 Å². The summed E-state index contributed by atoms with van der Waals surface area (Å²) in [6, 6.07) is 4.62. The van der Waals surface area contributed by atoms with E-state index in [9.17, 15) is 9.59 Å². The van der Waals surface area contributed by atoms with Crippen LogP contribution in [0.5, 0.6) is 0 Å². The average molecular weight is 345 g/mol. The topological polar surface area (TPSA) is 49.4 Å². The summed E-state index contributed by atoms with van der Waals surface area (Å²) in [5, 5.41) is 3.48. The minimum atomic E-state index is -0.454. The van der Waals surface area contributed by atoms with Crippen LogP contribution in [0.1, 0.15) is 19.8 Å². The van der Waals surface area contributed by atoms with Crippen LogP contribution >= 0.6 is 35.0 Å². The fourth-order valence-corrected chi connectivity index (χ4v) is 4.61. The second-order valence-corrected chi connectivity index (χ2v) is 7.64. The molecule has 2 amide bonds. The lowest BCUT2D eigenvalue weighted by Gasteiger charge is -2.29. The van der Waals surface area contributed by atoms with Gasteiger partial charge in [-0.15, -0.1) is 11.8 Å². The van der Waals surface area contributed by atoms with E-state index in [4.69, 9.17) is 23.2 Å². The molecular formula is C14H14Cl2N2O2S. The largest absolute Gasteiger partial charge is 0.323 e. The second-order valence-electron chi connectivity index (χ2n) is 5.36. The molecule has 1 aromatic rings. The Kier molecular flexibility index (Phi) is 3.84. The van der Waals surface area contributed by atoms with E-state index < -0.39 is 6.04 Å². The number of hydrogen-bond donors (Lipinski definition) is 1. The molecule has 2 atom stereocenters. The Hall–Kier alpha value is -0.910. The molecule has 7 heteroatoms. The number of fused-ring (bicyclic) bond motifs is 1. The number of thioether (sulfide) groups is 1. The molecule has 0 aromatic heterocycles. The lowest BCUT2D eigenvalue weighted by molar-refractivity contribution is -0.135. The van der Waals surface area contributed by atoms with Gasteiger partial charge < -0.3 is 10.2 Å². The first-order valence-electron chi connectivity index (χ1n) is 6.63. The molecule has 0 saturated carbocycles. The normalized spacial score (nSPS) is 27.9. The van der Waals surface area contributed by atoms with Crippen LogP contribution in [0.2, 0.25) is 10.0 Å². The van der Waals surface area contributed by atoms with Crippen LogP contribution in [0.15, 0.2) is 18.2 Å². The van der Waals surface area contributed by atoms with Gasteiger partial charge in [0.1, 0.15) is 6.04 Å². The van der Waals surface area contributed by atoms with Gasteiger partial charge in [-0.25, -0.2) is 0 Å². The van der Waals surface area contributed by atoms with Crippen LogP contribution in [0.4, 0.5) is 5.69 Å². The number of carbonyl (C=O) groups excluding carboxylic acids is 2. The summed E-state index contributed by atoms with van der Waals surface area (Å²) in [5.41, 5.74) is 0.472. The van der Waals surface area contributed by atoms with Crippen molar-refractivity contribution in [3.05, 3.63) is 28.2 Å². The summed E-state index contributed by atoms with van der Waals surface area (Å²) in [4.78, 5) is 26.0. The molecule has 2 aliphatic rings. The third-order valence-electron chi connectivity index (χ3n) is 3.96. The van der Waals surface area contributed by atoms with Crippen LogP contribution in [-0.4, -0.2) is 33.4 Å². The third kappa shape index (κ3) is 2.51. The number of nitrogens with one attached hydrogen (secondary N) is 1. The first-order chi connectivity index (χ1) is 9.92. The molecule has 2 aliphatic heterocycles. The fourth-order valence-electron chi connectivity index (χ4n) is 2.83. The first kappa shape index (κ1) is 15.0. The number of anilines is 1. The lowest BCUT2D eigenvalue weighted by atomic mass is 10.2. The van der Waals surface area contributed by atoms with Crippen molar-refractivity contribution < 1.29 is 9.59 Å². The highest BCUT2D eigenvalue weighted by atomic mass is 35.5. The van der Waals surface area contributed by atoms with Gasteiger partial charge in [0, 0.05) is 12.2 Å². The monoisotopic (exact) mass is 344 g/mol. The maximum absolute atomic E-state index is 12.5. The molecule has 21 heavy (non-hydrogen) atoms. The smallest absolute Gasteiger partial charge is 0.248 e. The highest BCUT2D eigenvalue weighted by molar-refractivity contribution is 8.01. The summed E-state index contributed by atoms with van der Waals surface area (Å²) < 4.78 is 0. The maximum atomic E-state index is 12.5. The van der Waals surface area contributed by atoms with Crippen LogP contribution in [0, 0.1) is 0 Å². The molecule has 0 radical (unpaired) electrons. The summed E-state index contributed by atoms with van der Waals surface area (Å²) in [6.45, 7) is 2.02. The van der Waals surface area contributed by atoms with Gasteiger partial charge in [-0.1, -0.05) is 29.3 Å². The standard InChI is InChI=1S/C14H14Cl2N2O2S/c1-14-6-5-11(19)18(14)10(7-21-14)13(20)17-9-4-2-3-8(15)12(9)16/h2-4,10H,5-7H2,1H3,(H,17,20). The number of carbonyl (C=O) groups is 2. The second kappa shape index (κ2) is 5.38. The Labute approximate surface area is 137 Å². The molecule has 0 aliphatic carbocycles. The SMILES string of the molecule is CC12CCC(=O)N1C(C(=O)Nc1cccc(Cl)c1Cl)CS2. The zero-order chi connectivity index (χ0) is 15.2. The number of amides is 2. The molecular weight excluding hydrogens is 331 g/mol. The predicted octanol–water partition coefficient (Wildman–Crippen LogP) is 3.39. The van der Waals surface area contributed by atoms with E-state index in [1.807, 2.05) is 6.92 Å². The third-order valence-corrected chi connectivity index (χ3v) is 6.28. The number of rotatable bonds is 2. The average Bonchev–Trinajstić information content (AvgIpc) is 2.92. The van der Waals surface area contributed by atoms with Crippen molar-refractivity contribution in [1.82, 2.24) is 4.90 Å². The molecule has 1 aromatic carbocycles. The van der Waals surface area contributed by atoms with Crippen LogP contribution in [-0.2, 0) is 9.59 Å². The summed E-state index contributed by atoms with van der Waals surface area (Å²) >= 11 is 13.7. The number of halogens is 2. The van der Waals surface area contributed by atoms with Crippen LogP contribution in [0.25, 0.3) is 0 Å². The number of hydrogen-bond acceptors (Lipinski definition) is 3. The Morgan fingerprint density at radius 3 is 3.00 bits per heavy atom. The minimum absolute atomic E-state index is 0.0415. The van der Waals surface area contributed by atoms with Crippen molar-refractivity contribution in [2.24, 2.45) is 0 Å². The van der Waals surface area contributed by atoms with Crippen molar-refractivity contribution >= 4 is 52.5 Å². The molecule has 1 N–H and O–H groups in total.